The van der Waals surface area contributed by atoms with Gasteiger partial charge in [-0.25, -0.2) is 0 Å². The van der Waals surface area contributed by atoms with Crippen molar-refractivity contribution in [1.82, 2.24) is 0 Å². The molecule has 0 bridgehead atoms. The normalized spacial score (nSPS) is 12.4. The monoisotopic (exact) mass is 563 g/mol. The van der Waals surface area contributed by atoms with Crippen molar-refractivity contribution < 1.29 is 4.89 Å². The third-order valence-electron chi connectivity index (χ3n) is 7.92. The summed E-state index contributed by atoms with van der Waals surface area (Å²) in [6, 6.07) is 43.6. The number of nitrogen functional groups attached to an aromatic ring is 1. The van der Waals surface area contributed by atoms with Crippen LogP contribution in [-0.4, -0.2) is 4.89 Å². The SMILES string of the molecule is C=C/C=C\C=C\Cc1cc([PH](O)(c2ccccc2)c2ccccc2)c2ccccc2c1-c1cc2ccccc2cc1N. The Hall–Kier alpha value is -4.75. The maximum atomic E-state index is 13.0. The number of hydrogen-bond acceptors (Lipinski definition) is 2. The second-order valence-electron chi connectivity index (χ2n) is 10.5. The predicted molar refractivity (Wildman–Crippen MR) is 186 cm³/mol. The van der Waals surface area contributed by atoms with Gasteiger partial charge in [0, 0.05) is 0 Å². The Morgan fingerprint density at radius 2 is 1.21 bits per heavy atom. The van der Waals surface area contributed by atoms with Gasteiger partial charge in [0.2, 0.25) is 0 Å². The van der Waals surface area contributed by atoms with Crippen molar-refractivity contribution in [2.75, 3.05) is 5.73 Å². The summed E-state index contributed by atoms with van der Waals surface area (Å²) in [4.78, 5) is 13.0. The fourth-order valence-corrected chi connectivity index (χ4v) is 9.23. The number of hydrogen-bond donors (Lipinski definition) is 2. The van der Waals surface area contributed by atoms with E-state index in [-0.39, 0.29) is 0 Å². The van der Waals surface area contributed by atoms with Gasteiger partial charge in [-0.2, -0.15) is 0 Å². The van der Waals surface area contributed by atoms with Crippen molar-refractivity contribution in [3.8, 4) is 11.1 Å². The second-order valence-corrected chi connectivity index (χ2v) is 13.6. The van der Waals surface area contributed by atoms with Gasteiger partial charge >= 0.3 is 249 Å². The van der Waals surface area contributed by atoms with Gasteiger partial charge in [-0.1, -0.05) is 0 Å². The molecule has 0 heterocycles. The Labute approximate surface area is 248 Å². The second kappa shape index (κ2) is 12.0. The average Bonchev–Trinajstić information content (AvgIpc) is 3.04. The molecule has 0 aliphatic rings. The zero-order valence-corrected chi connectivity index (χ0v) is 24.4. The number of benzene rings is 6. The molecule has 0 atom stereocenters. The van der Waals surface area contributed by atoms with Crippen molar-refractivity contribution in [3.63, 3.8) is 0 Å². The van der Waals surface area contributed by atoms with Crippen LogP contribution in [0.5, 0.6) is 0 Å². The molecule has 6 aromatic rings. The van der Waals surface area contributed by atoms with Crippen LogP contribution < -0.4 is 21.6 Å². The topological polar surface area (TPSA) is 46.2 Å². The van der Waals surface area contributed by atoms with E-state index in [1.54, 1.807) is 6.08 Å². The molecule has 0 saturated carbocycles. The molecule has 42 heavy (non-hydrogen) atoms. The zero-order chi connectivity index (χ0) is 28.9. The molecule has 0 aliphatic carbocycles. The van der Waals surface area contributed by atoms with Crippen LogP contribution in [0.4, 0.5) is 5.69 Å². The van der Waals surface area contributed by atoms with Crippen LogP contribution in [0, 0.1) is 0 Å². The summed E-state index contributed by atoms with van der Waals surface area (Å²) in [6.45, 7) is 3.78. The van der Waals surface area contributed by atoms with Crippen LogP contribution in [0.15, 0.2) is 164 Å². The van der Waals surface area contributed by atoms with Gasteiger partial charge in [0.25, 0.3) is 0 Å². The zero-order valence-electron chi connectivity index (χ0n) is 23.4. The van der Waals surface area contributed by atoms with Gasteiger partial charge in [-0.15, -0.1) is 0 Å². The minimum absolute atomic E-state index is 0.676. The van der Waals surface area contributed by atoms with E-state index in [9.17, 15) is 4.89 Å². The van der Waals surface area contributed by atoms with Crippen LogP contribution in [0.25, 0.3) is 32.7 Å². The molecule has 0 spiro atoms. The number of rotatable bonds is 8. The summed E-state index contributed by atoms with van der Waals surface area (Å²) in [5.74, 6) is 0. The first-order valence-electron chi connectivity index (χ1n) is 14.2. The number of nitrogens with two attached hydrogens (primary N) is 1. The molecule has 206 valence electrons. The molecule has 0 fully saturated rings. The molecule has 3 heteroatoms. The van der Waals surface area contributed by atoms with E-state index >= 15 is 0 Å². The number of allylic oxidation sites excluding steroid dienone is 5. The van der Waals surface area contributed by atoms with Crippen molar-refractivity contribution in [1.29, 1.82) is 0 Å². The van der Waals surface area contributed by atoms with Gasteiger partial charge in [0.15, 0.2) is 0 Å². The maximum absolute atomic E-state index is 13.0. The number of fused-ring (bicyclic) bond motifs is 2. The third kappa shape index (κ3) is 5.08. The molecule has 0 saturated heterocycles. The summed E-state index contributed by atoms with van der Waals surface area (Å²) in [7, 11) is -3.40. The van der Waals surface area contributed by atoms with Crippen LogP contribution >= 0.6 is 7.49 Å². The number of anilines is 1. The summed E-state index contributed by atoms with van der Waals surface area (Å²) in [5.41, 5.74) is 10.8. The predicted octanol–water partition coefficient (Wildman–Crippen LogP) is 8.02. The molecule has 0 radical (unpaired) electrons. The van der Waals surface area contributed by atoms with E-state index in [0.29, 0.717) is 6.42 Å². The van der Waals surface area contributed by atoms with Crippen LogP contribution in [-0.2, 0) is 6.42 Å². The molecule has 0 amide bonds. The van der Waals surface area contributed by atoms with Crippen LogP contribution in [0.3, 0.4) is 0 Å². The fourth-order valence-electron chi connectivity index (χ4n) is 5.94. The van der Waals surface area contributed by atoms with Crippen molar-refractivity contribution in [3.05, 3.63) is 170 Å². The summed E-state index contributed by atoms with van der Waals surface area (Å²) in [6.07, 6.45) is 10.5. The van der Waals surface area contributed by atoms with Gasteiger partial charge in [-0.05, 0) is 0 Å². The molecule has 0 unspecified atom stereocenters. The molecular formula is C39H34NOP. The Bertz CT molecular complexity index is 1900. The summed E-state index contributed by atoms with van der Waals surface area (Å²) in [5, 5.41) is 7.27. The van der Waals surface area contributed by atoms with E-state index in [1.807, 2.05) is 60.7 Å². The minimum atomic E-state index is -3.40. The first-order chi connectivity index (χ1) is 20.6. The fraction of sp³-hybridized carbons (Fsp3) is 0.0256. The molecule has 3 N–H and O–H groups in total. The molecule has 0 aliphatic heterocycles. The van der Waals surface area contributed by atoms with E-state index in [0.717, 1.165) is 59.8 Å². The Balaban J connectivity index is 1.69. The van der Waals surface area contributed by atoms with Crippen LogP contribution in [0.1, 0.15) is 5.56 Å². The van der Waals surface area contributed by atoms with Crippen molar-refractivity contribution in [2.45, 2.75) is 6.42 Å². The molecule has 2 nitrogen and oxygen atoms in total. The van der Waals surface area contributed by atoms with Crippen molar-refractivity contribution in [2.24, 2.45) is 0 Å². The van der Waals surface area contributed by atoms with Gasteiger partial charge in [0.1, 0.15) is 0 Å². The molecule has 6 rings (SSSR count). The van der Waals surface area contributed by atoms with Gasteiger partial charge in [-0.3, -0.25) is 0 Å². The standard InChI is InChI=1S/C39H34NOP/c1-2-3-4-5-8-19-31-28-38(42(41,32-20-9-6-10-21-32)33-22-11-7-12-23-33)34-24-15-16-25-35(34)39(31)36-26-29-17-13-14-18-30(29)27-37(36)40/h2-18,20-28,41-42H,1,19,40H2/b4-3-,8-5+. The summed E-state index contributed by atoms with van der Waals surface area (Å²) >= 11 is 0. The Kier molecular flexibility index (Phi) is 7.84. The van der Waals surface area contributed by atoms with Gasteiger partial charge < -0.3 is 0 Å². The van der Waals surface area contributed by atoms with Crippen LogP contribution in [0.2, 0.25) is 0 Å². The quantitative estimate of drug-likeness (QED) is 0.112. The van der Waals surface area contributed by atoms with E-state index in [2.05, 4.69) is 97.6 Å². The molecular weight excluding hydrogens is 529 g/mol. The average molecular weight is 564 g/mol. The first kappa shape index (κ1) is 27.4. The van der Waals surface area contributed by atoms with E-state index < -0.39 is 7.49 Å². The Morgan fingerprint density at radius 3 is 1.86 bits per heavy atom. The summed E-state index contributed by atoms with van der Waals surface area (Å²) < 4.78 is 0. The molecule has 6 aromatic carbocycles. The van der Waals surface area contributed by atoms with Crippen molar-refractivity contribution >= 4 is 50.6 Å². The molecule has 0 aromatic heterocycles. The van der Waals surface area contributed by atoms with E-state index in [1.165, 1.54) is 0 Å². The Morgan fingerprint density at radius 1 is 0.643 bits per heavy atom. The van der Waals surface area contributed by atoms with Gasteiger partial charge in [0.05, 0.1) is 0 Å². The third-order valence-corrected chi connectivity index (χ3v) is 11.4. The van der Waals surface area contributed by atoms with E-state index in [4.69, 9.17) is 5.73 Å². The first-order valence-corrected chi connectivity index (χ1v) is 16.2.